The fourth-order valence-corrected chi connectivity index (χ4v) is 2.83. The first-order valence-electron chi connectivity index (χ1n) is 7.87. The van der Waals surface area contributed by atoms with Crippen LogP contribution in [0.2, 0.25) is 0 Å². The molecule has 124 valence electrons. The SMILES string of the molecule is FCCc1cc(-n2ccnc2)ccc1-c1ccc(-c2nnn[nH]2)cc1. The standard InChI is InChI=1S/C18H15FN6/c19-8-7-15-11-16(25-10-9-20-12-25)5-6-17(15)13-1-3-14(4-2-13)18-21-23-24-22-18/h1-6,9-12H,7-8H2,(H,21,22,23,24). The van der Waals surface area contributed by atoms with Crippen LogP contribution in [-0.2, 0) is 6.42 Å². The summed E-state index contributed by atoms with van der Waals surface area (Å²) in [7, 11) is 0. The maximum absolute atomic E-state index is 13.1. The zero-order valence-corrected chi connectivity index (χ0v) is 13.3. The second-order valence-electron chi connectivity index (χ2n) is 5.58. The molecule has 0 radical (unpaired) electrons. The minimum absolute atomic E-state index is 0.367. The van der Waals surface area contributed by atoms with Gasteiger partial charge in [-0.05, 0) is 39.2 Å². The van der Waals surface area contributed by atoms with Crippen LogP contribution < -0.4 is 0 Å². The molecule has 0 saturated heterocycles. The van der Waals surface area contributed by atoms with Crippen molar-refractivity contribution in [3.63, 3.8) is 0 Å². The van der Waals surface area contributed by atoms with E-state index >= 15 is 0 Å². The van der Waals surface area contributed by atoms with Crippen LogP contribution in [0.4, 0.5) is 4.39 Å². The maximum Gasteiger partial charge on any atom is 0.179 e. The van der Waals surface area contributed by atoms with Crippen LogP contribution in [-0.4, -0.2) is 36.8 Å². The van der Waals surface area contributed by atoms with E-state index in [1.54, 1.807) is 12.5 Å². The Kier molecular flexibility index (Phi) is 4.04. The number of benzene rings is 2. The van der Waals surface area contributed by atoms with Crippen LogP contribution in [0.5, 0.6) is 0 Å². The highest BCUT2D eigenvalue weighted by atomic mass is 19.1. The first-order chi connectivity index (χ1) is 12.3. The van der Waals surface area contributed by atoms with Gasteiger partial charge < -0.3 is 4.57 Å². The van der Waals surface area contributed by atoms with Gasteiger partial charge >= 0.3 is 0 Å². The number of hydrogen-bond acceptors (Lipinski definition) is 4. The zero-order chi connectivity index (χ0) is 17.1. The number of alkyl halides is 1. The normalized spacial score (nSPS) is 10.9. The minimum atomic E-state index is -0.401. The van der Waals surface area contributed by atoms with Crippen LogP contribution in [0.15, 0.2) is 61.2 Å². The number of tetrazole rings is 1. The summed E-state index contributed by atoms with van der Waals surface area (Å²) in [4.78, 5) is 4.06. The molecule has 0 aliphatic carbocycles. The Balaban J connectivity index is 1.71. The van der Waals surface area contributed by atoms with Crippen LogP contribution >= 0.6 is 0 Å². The van der Waals surface area contributed by atoms with E-state index in [-0.39, 0.29) is 0 Å². The molecule has 0 atom stereocenters. The molecule has 2 aromatic heterocycles. The Morgan fingerprint density at radius 2 is 1.88 bits per heavy atom. The van der Waals surface area contributed by atoms with E-state index in [9.17, 15) is 4.39 Å². The summed E-state index contributed by atoms with van der Waals surface area (Å²) in [5.41, 5.74) is 4.87. The molecule has 4 rings (SSSR count). The molecule has 0 fully saturated rings. The van der Waals surface area contributed by atoms with Gasteiger partial charge in [0.25, 0.3) is 0 Å². The second-order valence-corrected chi connectivity index (χ2v) is 5.58. The quantitative estimate of drug-likeness (QED) is 0.608. The van der Waals surface area contributed by atoms with Crippen molar-refractivity contribution in [2.24, 2.45) is 0 Å². The molecule has 0 spiro atoms. The van der Waals surface area contributed by atoms with E-state index in [0.717, 1.165) is 27.9 Å². The molecule has 4 aromatic rings. The van der Waals surface area contributed by atoms with Crippen molar-refractivity contribution in [2.45, 2.75) is 6.42 Å². The number of aromatic nitrogens is 6. The van der Waals surface area contributed by atoms with Crippen molar-refractivity contribution in [3.8, 4) is 28.2 Å². The average Bonchev–Trinajstić information content (AvgIpc) is 3.36. The van der Waals surface area contributed by atoms with Gasteiger partial charge in [-0.15, -0.1) is 5.10 Å². The van der Waals surface area contributed by atoms with E-state index in [1.165, 1.54) is 0 Å². The van der Waals surface area contributed by atoms with Gasteiger partial charge in [-0.2, -0.15) is 0 Å². The number of aryl methyl sites for hydroxylation is 1. The van der Waals surface area contributed by atoms with Crippen molar-refractivity contribution in [1.29, 1.82) is 0 Å². The first-order valence-corrected chi connectivity index (χ1v) is 7.87. The number of nitrogens with zero attached hydrogens (tertiary/aromatic N) is 5. The molecule has 6 nitrogen and oxygen atoms in total. The van der Waals surface area contributed by atoms with Gasteiger partial charge in [0.05, 0.1) is 13.0 Å². The summed E-state index contributed by atoms with van der Waals surface area (Å²) in [6.07, 6.45) is 5.69. The molecular formula is C18H15FN6. The highest BCUT2D eigenvalue weighted by molar-refractivity contribution is 5.71. The molecule has 0 bridgehead atoms. The molecular weight excluding hydrogens is 319 g/mol. The van der Waals surface area contributed by atoms with Crippen molar-refractivity contribution in [3.05, 3.63) is 66.7 Å². The van der Waals surface area contributed by atoms with Crippen molar-refractivity contribution in [2.75, 3.05) is 6.67 Å². The number of nitrogens with one attached hydrogen (secondary N) is 1. The average molecular weight is 334 g/mol. The summed E-state index contributed by atoms with van der Waals surface area (Å²) in [6.45, 7) is -0.401. The number of aromatic amines is 1. The van der Waals surface area contributed by atoms with E-state index in [0.29, 0.717) is 12.2 Å². The third-order valence-corrected chi connectivity index (χ3v) is 4.07. The van der Waals surface area contributed by atoms with Crippen molar-refractivity contribution in [1.82, 2.24) is 30.2 Å². The first kappa shape index (κ1) is 15.2. The van der Waals surface area contributed by atoms with E-state index < -0.39 is 6.67 Å². The third kappa shape index (κ3) is 3.03. The molecule has 0 aliphatic heterocycles. The molecule has 2 heterocycles. The van der Waals surface area contributed by atoms with Crippen LogP contribution in [0.25, 0.3) is 28.2 Å². The van der Waals surface area contributed by atoms with Gasteiger partial charge in [0.2, 0.25) is 0 Å². The lowest BCUT2D eigenvalue weighted by molar-refractivity contribution is 0.495. The fraction of sp³-hybridized carbons (Fsp3) is 0.111. The van der Waals surface area contributed by atoms with Gasteiger partial charge in [-0.3, -0.25) is 4.39 Å². The summed E-state index contributed by atoms with van der Waals surface area (Å²) in [5.74, 6) is 0.617. The third-order valence-electron chi connectivity index (χ3n) is 4.07. The number of halogens is 1. The van der Waals surface area contributed by atoms with E-state index in [4.69, 9.17) is 0 Å². The Hall–Kier alpha value is -3.35. The fourth-order valence-electron chi connectivity index (χ4n) is 2.83. The molecule has 25 heavy (non-hydrogen) atoms. The molecule has 7 heteroatoms. The summed E-state index contributed by atoms with van der Waals surface area (Å²) >= 11 is 0. The number of hydrogen-bond donors (Lipinski definition) is 1. The predicted octanol–water partition coefficient (Wildman–Crippen LogP) is 3.23. The Morgan fingerprint density at radius 1 is 1.04 bits per heavy atom. The zero-order valence-electron chi connectivity index (χ0n) is 13.3. The molecule has 0 aliphatic rings. The van der Waals surface area contributed by atoms with Gasteiger partial charge in [-0.25, -0.2) is 10.1 Å². The molecule has 2 aromatic carbocycles. The highest BCUT2D eigenvalue weighted by Gasteiger charge is 2.09. The van der Waals surface area contributed by atoms with Crippen LogP contribution in [0, 0.1) is 0 Å². The maximum atomic E-state index is 13.1. The molecule has 0 unspecified atom stereocenters. The van der Waals surface area contributed by atoms with Crippen molar-refractivity contribution >= 4 is 0 Å². The van der Waals surface area contributed by atoms with Crippen LogP contribution in [0.3, 0.4) is 0 Å². The Bertz CT molecular complexity index is 946. The van der Waals surface area contributed by atoms with Crippen molar-refractivity contribution < 1.29 is 4.39 Å². The lowest BCUT2D eigenvalue weighted by atomic mass is 9.96. The minimum Gasteiger partial charge on any atom is -0.306 e. The van der Waals surface area contributed by atoms with Gasteiger partial charge in [0.1, 0.15) is 0 Å². The highest BCUT2D eigenvalue weighted by Crippen LogP contribution is 2.28. The number of imidazole rings is 1. The van der Waals surface area contributed by atoms with Gasteiger partial charge in [-0.1, -0.05) is 30.3 Å². The van der Waals surface area contributed by atoms with E-state index in [2.05, 4.69) is 25.6 Å². The summed E-state index contributed by atoms with van der Waals surface area (Å²) < 4.78 is 15.0. The molecule has 0 saturated carbocycles. The smallest absolute Gasteiger partial charge is 0.179 e. The summed E-state index contributed by atoms with van der Waals surface area (Å²) in [6, 6.07) is 13.9. The number of rotatable bonds is 5. The molecule has 1 N–H and O–H groups in total. The lowest BCUT2D eigenvalue weighted by Gasteiger charge is -2.12. The predicted molar refractivity (Wildman–Crippen MR) is 91.9 cm³/mol. The van der Waals surface area contributed by atoms with Gasteiger partial charge in [0, 0.05) is 30.1 Å². The van der Waals surface area contributed by atoms with E-state index in [1.807, 2.05) is 53.2 Å². The molecule has 0 amide bonds. The number of H-pyrrole nitrogens is 1. The topological polar surface area (TPSA) is 72.3 Å². The van der Waals surface area contributed by atoms with Gasteiger partial charge in [0.15, 0.2) is 5.82 Å². The largest absolute Gasteiger partial charge is 0.306 e. The van der Waals surface area contributed by atoms with Crippen LogP contribution in [0.1, 0.15) is 5.56 Å². The monoisotopic (exact) mass is 334 g/mol. The Morgan fingerprint density at radius 3 is 2.56 bits per heavy atom. The summed E-state index contributed by atoms with van der Waals surface area (Å²) in [5, 5.41) is 13.8. The second kappa shape index (κ2) is 6.64. The Labute approximate surface area is 143 Å². The lowest BCUT2D eigenvalue weighted by Crippen LogP contribution is -1.97.